The molecule has 1 heterocycles. The Balaban J connectivity index is 1.93. The highest BCUT2D eigenvalue weighted by molar-refractivity contribution is 5.91. The summed E-state index contributed by atoms with van der Waals surface area (Å²) in [7, 11) is 4.51. The van der Waals surface area contributed by atoms with Crippen LogP contribution in [0.2, 0.25) is 0 Å². The molecule has 7 heteroatoms. The van der Waals surface area contributed by atoms with Crippen molar-refractivity contribution in [1.82, 2.24) is 0 Å². The Morgan fingerprint density at radius 3 is 2.31 bits per heavy atom. The van der Waals surface area contributed by atoms with E-state index in [1.165, 1.54) is 21.3 Å². The van der Waals surface area contributed by atoms with E-state index in [1.807, 2.05) is 26.8 Å². The Bertz CT molecular complexity index is 837. The molecule has 0 unspecified atom stereocenters. The topological polar surface area (TPSA) is 86.8 Å². The van der Waals surface area contributed by atoms with Gasteiger partial charge in [0.2, 0.25) is 5.75 Å². The first-order chi connectivity index (χ1) is 15.1. The average molecular weight is 449 g/mol. The van der Waals surface area contributed by atoms with Crippen molar-refractivity contribution in [1.29, 1.82) is 0 Å². The SMILES string of the molecule is COc1cc(C(=O)O[C@@H]2/C=C(\C)CC[C@@H]3O[C@@]3(C)C[C@H](O)[C@@H]2C(C)C)cc(OC)c1OC. The van der Waals surface area contributed by atoms with E-state index in [0.29, 0.717) is 23.7 Å². The van der Waals surface area contributed by atoms with Gasteiger partial charge in [-0.25, -0.2) is 4.79 Å². The predicted octanol–water partition coefficient (Wildman–Crippen LogP) is 4.16. The molecule has 178 valence electrons. The number of benzene rings is 1. The van der Waals surface area contributed by atoms with Crippen LogP contribution < -0.4 is 14.2 Å². The summed E-state index contributed by atoms with van der Waals surface area (Å²) in [6.45, 7) is 8.16. The van der Waals surface area contributed by atoms with Gasteiger partial charge < -0.3 is 28.8 Å². The molecule has 1 aromatic rings. The first-order valence-electron chi connectivity index (χ1n) is 11.2. The molecule has 0 aromatic heterocycles. The van der Waals surface area contributed by atoms with Crippen LogP contribution in [0.15, 0.2) is 23.8 Å². The third-order valence-corrected chi connectivity index (χ3v) is 6.64. The Morgan fingerprint density at radius 2 is 1.78 bits per heavy atom. The Kier molecular flexibility index (Phi) is 7.40. The molecule has 1 saturated heterocycles. The quantitative estimate of drug-likeness (QED) is 0.397. The van der Waals surface area contributed by atoms with Crippen molar-refractivity contribution in [2.75, 3.05) is 21.3 Å². The molecular weight excluding hydrogens is 412 g/mol. The second-order valence-electron chi connectivity index (χ2n) is 9.35. The number of carbonyl (C=O) groups excluding carboxylic acids is 1. The number of aliphatic hydroxyl groups excluding tert-OH is 1. The van der Waals surface area contributed by atoms with Gasteiger partial charge in [-0.3, -0.25) is 0 Å². The third kappa shape index (κ3) is 5.04. The fraction of sp³-hybridized carbons (Fsp3) is 0.640. The maximum atomic E-state index is 13.2. The van der Waals surface area contributed by atoms with E-state index in [-0.39, 0.29) is 29.1 Å². The molecule has 0 saturated carbocycles. The van der Waals surface area contributed by atoms with E-state index < -0.39 is 18.2 Å². The normalized spacial score (nSPS) is 31.7. The number of esters is 1. The van der Waals surface area contributed by atoms with Gasteiger partial charge in [0.15, 0.2) is 11.5 Å². The number of carbonyl (C=O) groups is 1. The molecular formula is C25H36O7. The summed E-state index contributed by atoms with van der Waals surface area (Å²) < 4.78 is 28.0. The van der Waals surface area contributed by atoms with Crippen molar-refractivity contribution in [3.8, 4) is 17.2 Å². The molecule has 0 spiro atoms. The van der Waals surface area contributed by atoms with Crippen molar-refractivity contribution in [2.45, 2.75) is 70.9 Å². The molecule has 1 aromatic carbocycles. The first-order valence-corrected chi connectivity index (χ1v) is 11.2. The second kappa shape index (κ2) is 9.71. The van der Waals surface area contributed by atoms with Crippen LogP contribution in [0.5, 0.6) is 17.2 Å². The highest BCUT2D eigenvalue weighted by Gasteiger charge is 2.54. The third-order valence-electron chi connectivity index (χ3n) is 6.64. The Hall–Kier alpha value is -2.25. The van der Waals surface area contributed by atoms with Crippen LogP contribution in [0.1, 0.15) is 57.3 Å². The molecule has 0 bridgehead atoms. The van der Waals surface area contributed by atoms with Gasteiger partial charge in [-0.2, -0.15) is 0 Å². The lowest BCUT2D eigenvalue weighted by Gasteiger charge is -2.33. The summed E-state index contributed by atoms with van der Waals surface area (Å²) in [5.41, 5.74) is 1.10. The summed E-state index contributed by atoms with van der Waals surface area (Å²) >= 11 is 0. The lowest BCUT2D eigenvalue weighted by molar-refractivity contribution is -0.0253. The molecule has 1 N–H and O–H groups in total. The van der Waals surface area contributed by atoms with Gasteiger partial charge in [0.05, 0.1) is 44.7 Å². The number of hydrogen-bond acceptors (Lipinski definition) is 7. The molecule has 5 atom stereocenters. The molecule has 7 nitrogen and oxygen atoms in total. The summed E-state index contributed by atoms with van der Waals surface area (Å²) in [4.78, 5) is 13.2. The van der Waals surface area contributed by atoms with Crippen molar-refractivity contribution < 1.29 is 33.6 Å². The van der Waals surface area contributed by atoms with Gasteiger partial charge in [0, 0.05) is 12.3 Å². The minimum absolute atomic E-state index is 0.0898. The summed E-state index contributed by atoms with van der Waals surface area (Å²) in [6.07, 6.45) is 3.19. The summed E-state index contributed by atoms with van der Waals surface area (Å²) in [5, 5.41) is 11.1. The molecule has 32 heavy (non-hydrogen) atoms. The van der Waals surface area contributed by atoms with Crippen LogP contribution in [0.25, 0.3) is 0 Å². The number of rotatable bonds is 6. The molecule has 1 aliphatic heterocycles. The monoisotopic (exact) mass is 448 g/mol. The highest BCUT2D eigenvalue weighted by Crippen LogP contribution is 2.46. The second-order valence-corrected chi connectivity index (χ2v) is 9.35. The van der Waals surface area contributed by atoms with Gasteiger partial charge in [0.1, 0.15) is 6.10 Å². The number of ether oxygens (including phenoxy) is 5. The lowest BCUT2D eigenvalue weighted by Crippen LogP contribution is -2.40. The number of fused-ring (bicyclic) bond motifs is 1. The van der Waals surface area contributed by atoms with E-state index in [2.05, 4.69) is 6.92 Å². The smallest absolute Gasteiger partial charge is 0.339 e. The highest BCUT2D eigenvalue weighted by atomic mass is 16.6. The summed E-state index contributed by atoms with van der Waals surface area (Å²) in [5.74, 6) is 0.468. The van der Waals surface area contributed by atoms with Gasteiger partial charge >= 0.3 is 5.97 Å². The van der Waals surface area contributed by atoms with Crippen LogP contribution in [0.4, 0.5) is 0 Å². The number of hydrogen-bond donors (Lipinski definition) is 1. The molecule has 3 rings (SSSR count). The lowest BCUT2D eigenvalue weighted by atomic mass is 9.79. The molecule has 2 aliphatic rings. The maximum absolute atomic E-state index is 13.2. The number of allylic oxidation sites excluding steroid dienone is 1. The van der Waals surface area contributed by atoms with Crippen molar-refractivity contribution in [3.63, 3.8) is 0 Å². The van der Waals surface area contributed by atoms with E-state index in [1.54, 1.807) is 12.1 Å². The van der Waals surface area contributed by atoms with Crippen LogP contribution in [-0.2, 0) is 9.47 Å². The summed E-state index contributed by atoms with van der Waals surface area (Å²) in [6, 6.07) is 3.15. The molecule has 0 radical (unpaired) electrons. The van der Waals surface area contributed by atoms with Gasteiger partial charge in [-0.1, -0.05) is 19.4 Å². The maximum Gasteiger partial charge on any atom is 0.339 e. The van der Waals surface area contributed by atoms with Gasteiger partial charge in [-0.15, -0.1) is 0 Å². The number of aliphatic hydroxyl groups is 1. The number of methoxy groups -OCH3 is 3. The van der Waals surface area contributed by atoms with Gasteiger partial charge in [-0.05, 0) is 50.8 Å². The molecule has 1 fully saturated rings. The zero-order valence-electron chi connectivity index (χ0n) is 20.1. The van der Waals surface area contributed by atoms with E-state index in [0.717, 1.165) is 18.4 Å². The fourth-order valence-corrected chi connectivity index (χ4v) is 4.77. The van der Waals surface area contributed by atoms with Crippen molar-refractivity contribution in [2.24, 2.45) is 11.8 Å². The number of epoxide rings is 1. The molecule has 0 amide bonds. The van der Waals surface area contributed by atoms with Crippen LogP contribution in [-0.4, -0.2) is 56.3 Å². The standard InChI is InChI=1S/C25H36O7/c1-14(2)22-17(26)13-25(4)21(32-25)9-8-15(3)10-18(22)31-24(27)16-11-19(28-5)23(30-7)20(12-16)29-6/h10-12,14,17-18,21-22,26H,8-9,13H2,1-7H3/b15-10+/t17-,18+,21-,22-,25-/m0/s1. The van der Waals surface area contributed by atoms with Crippen molar-refractivity contribution in [3.05, 3.63) is 29.3 Å². The average Bonchev–Trinajstić information content (AvgIpc) is 3.39. The zero-order valence-corrected chi connectivity index (χ0v) is 20.1. The minimum Gasteiger partial charge on any atom is -0.493 e. The van der Waals surface area contributed by atoms with Crippen molar-refractivity contribution >= 4 is 5.97 Å². The fourth-order valence-electron chi connectivity index (χ4n) is 4.77. The van der Waals surface area contributed by atoms with E-state index >= 15 is 0 Å². The Labute approximate surface area is 190 Å². The largest absolute Gasteiger partial charge is 0.493 e. The van der Waals surface area contributed by atoms with Crippen LogP contribution >= 0.6 is 0 Å². The first kappa shape index (κ1) is 24.4. The van der Waals surface area contributed by atoms with Crippen LogP contribution in [0, 0.1) is 11.8 Å². The predicted molar refractivity (Wildman–Crippen MR) is 121 cm³/mol. The molecule has 1 aliphatic carbocycles. The minimum atomic E-state index is -0.662. The van der Waals surface area contributed by atoms with Crippen LogP contribution in [0.3, 0.4) is 0 Å². The zero-order chi connectivity index (χ0) is 23.6. The van der Waals surface area contributed by atoms with Gasteiger partial charge in [0.25, 0.3) is 0 Å². The van der Waals surface area contributed by atoms with E-state index in [4.69, 9.17) is 23.7 Å². The Morgan fingerprint density at radius 1 is 1.16 bits per heavy atom. The van der Waals surface area contributed by atoms with E-state index in [9.17, 15) is 9.90 Å².